The predicted octanol–water partition coefficient (Wildman–Crippen LogP) is 2.44. The normalized spacial score (nSPS) is 11.8. The van der Waals surface area contributed by atoms with Crippen molar-refractivity contribution in [3.8, 4) is 0 Å². The Kier molecular flexibility index (Phi) is 5.28. The van der Waals surface area contributed by atoms with E-state index in [1.807, 2.05) is 0 Å². The molecule has 0 aliphatic carbocycles. The van der Waals surface area contributed by atoms with Crippen molar-refractivity contribution in [2.75, 3.05) is 0 Å². The molecule has 2 rings (SSSR count). The number of hydrogen-bond donors (Lipinski definition) is 2. The Balaban J connectivity index is 2.14. The molecule has 0 saturated heterocycles. The summed E-state index contributed by atoms with van der Waals surface area (Å²) >= 11 is 5.86. The van der Waals surface area contributed by atoms with Crippen LogP contribution in [0.2, 0.25) is 5.02 Å². The number of amides is 2. The third-order valence-corrected chi connectivity index (χ3v) is 3.39. The molecule has 120 valence electrons. The molecule has 0 fully saturated rings. The lowest BCUT2D eigenvalue weighted by atomic mass is 10.0. The number of primary amides is 1. The molecule has 0 aliphatic rings. The number of benzene rings is 2. The van der Waals surface area contributed by atoms with Crippen LogP contribution in [-0.4, -0.2) is 17.9 Å². The fourth-order valence-corrected chi connectivity index (χ4v) is 2.21. The minimum Gasteiger partial charge on any atom is -0.368 e. The molecule has 2 amide bonds. The van der Waals surface area contributed by atoms with Gasteiger partial charge in [0.05, 0.1) is 0 Å². The maximum absolute atomic E-state index is 13.2. The van der Waals surface area contributed by atoms with E-state index >= 15 is 0 Å². The summed E-state index contributed by atoms with van der Waals surface area (Å²) in [6, 6.07) is 8.44. The molecule has 7 heteroatoms. The Morgan fingerprint density at radius 2 is 1.87 bits per heavy atom. The average Bonchev–Trinajstić information content (AvgIpc) is 2.49. The molecule has 0 saturated carbocycles. The Labute approximate surface area is 136 Å². The van der Waals surface area contributed by atoms with Gasteiger partial charge < -0.3 is 11.1 Å². The van der Waals surface area contributed by atoms with Gasteiger partial charge in [0.25, 0.3) is 5.91 Å². The monoisotopic (exact) mass is 338 g/mol. The van der Waals surface area contributed by atoms with Crippen LogP contribution in [0.15, 0.2) is 42.5 Å². The molecule has 2 aromatic carbocycles. The lowest BCUT2D eigenvalue weighted by Crippen LogP contribution is -2.45. The largest absolute Gasteiger partial charge is 0.368 e. The minimum absolute atomic E-state index is 0.110. The molecule has 0 unspecified atom stereocenters. The molecule has 0 aliphatic heterocycles. The molecule has 2 aromatic rings. The van der Waals surface area contributed by atoms with Crippen LogP contribution < -0.4 is 11.1 Å². The Morgan fingerprint density at radius 1 is 1.13 bits per heavy atom. The molecule has 0 aromatic heterocycles. The second kappa shape index (κ2) is 7.19. The first-order chi connectivity index (χ1) is 10.9. The first kappa shape index (κ1) is 16.9. The number of nitrogens with two attached hydrogens (primary N) is 1. The second-order valence-electron chi connectivity index (χ2n) is 4.89. The van der Waals surface area contributed by atoms with Gasteiger partial charge in [0.1, 0.15) is 6.04 Å². The Hall–Kier alpha value is -2.47. The van der Waals surface area contributed by atoms with Crippen LogP contribution in [0.5, 0.6) is 0 Å². The predicted molar refractivity (Wildman–Crippen MR) is 82.0 cm³/mol. The van der Waals surface area contributed by atoms with Crippen LogP contribution in [0.25, 0.3) is 0 Å². The van der Waals surface area contributed by atoms with Gasteiger partial charge in [-0.3, -0.25) is 9.59 Å². The van der Waals surface area contributed by atoms with Gasteiger partial charge in [-0.2, -0.15) is 0 Å². The van der Waals surface area contributed by atoms with E-state index in [1.54, 1.807) is 24.3 Å². The van der Waals surface area contributed by atoms with E-state index < -0.39 is 29.5 Å². The Bertz CT molecular complexity index is 753. The third-order valence-electron chi connectivity index (χ3n) is 3.16. The van der Waals surface area contributed by atoms with Gasteiger partial charge in [-0.15, -0.1) is 0 Å². The van der Waals surface area contributed by atoms with Gasteiger partial charge in [-0.1, -0.05) is 23.7 Å². The van der Waals surface area contributed by atoms with E-state index in [1.165, 1.54) is 0 Å². The SMILES string of the molecule is NC(=O)[C@@H](Cc1cccc(Cl)c1)NC(=O)c1ccc(F)c(F)c1. The molecular formula is C16H13ClF2N2O2. The van der Waals surface area contributed by atoms with Gasteiger partial charge in [0.15, 0.2) is 11.6 Å². The summed E-state index contributed by atoms with van der Waals surface area (Å²) in [7, 11) is 0. The fraction of sp³-hybridized carbons (Fsp3) is 0.125. The van der Waals surface area contributed by atoms with Crippen molar-refractivity contribution in [3.63, 3.8) is 0 Å². The summed E-state index contributed by atoms with van der Waals surface area (Å²) in [5, 5.41) is 2.89. The van der Waals surface area contributed by atoms with E-state index in [4.69, 9.17) is 17.3 Å². The van der Waals surface area contributed by atoms with Gasteiger partial charge in [0, 0.05) is 17.0 Å². The summed E-state index contributed by atoms with van der Waals surface area (Å²) < 4.78 is 26.1. The fourth-order valence-electron chi connectivity index (χ4n) is 2.00. The standard InChI is InChI=1S/C16H13ClF2N2O2/c17-11-3-1-2-9(6-11)7-14(15(20)22)21-16(23)10-4-5-12(18)13(19)8-10/h1-6,8,14H,7H2,(H2,20,22)(H,21,23)/t14-/m1/s1. The number of hydrogen-bond acceptors (Lipinski definition) is 2. The highest BCUT2D eigenvalue weighted by atomic mass is 35.5. The van der Waals surface area contributed by atoms with Crippen molar-refractivity contribution in [1.29, 1.82) is 0 Å². The molecule has 4 nitrogen and oxygen atoms in total. The zero-order chi connectivity index (χ0) is 17.0. The topological polar surface area (TPSA) is 72.2 Å². The molecule has 0 spiro atoms. The molecule has 0 radical (unpaired) electrons. The van der Waals surface area contributed by atoms with Gasteiger partial charge in [-0.05, 0) is 35.9 Å². The van der Waals surface area contributed by atoms with E-state index in [-0.39, 0.29) is 12.0 Å². The minimum atomic E-state index is -1.15. The zero-order valence-electron chi connectivity index (χ0n) is 11.9. The van der Waals surface area contributed by atoms with E-state index in [0.29, 0.717) is 10.6 Å². The van der Waals surface area contributed by atoms with Crippen LogP contribution in [-0.2, 0) is 11.2 Å². The molecule has 1 atom stereocenters. The van der Waals surface area contributed by atoms with Crippen LogP contribution in [0, 0.1) is 11.6 Å². The smallest absolute Gasteiger partial charge is 0.252 e. The van der Waals surface area contributed by atoms with Crippen molar-refractivity contribution in [1.82, 2.24) is 5.32 Å². The van der Waals surface area contributed by atoms with Crippen molar-refractivity contribution < 1.29 is 18.4 Å². The van der Waals surface area contributed by atoms with Crippen LogP contribution in [0.1, 0.15) is 15.9 Å². The maximum atomic E-state index is 13.2. The molecular weight excluding hydrogens is 326 g/mol. The molecule has 23 heavy (non-hydrogen) atoms. The lowest BCUT2D eigenvalue weighted by molar-refractivity contribution is -0.119. The second-order valence-corrected chi connectivity index (χ2v) is 5.33. The van der Waals surface area contributed by atoms with Gasteiger partial charge in [-0.25, -0.2) is 8.78 Å². The van der Waals surface area contributed by atoms with E-state index in [9.17, 15) is 18.4 Å². The van der Waals surface area contributed by atoms with Crippen molar-refractivity contribution in [2.45, 2.75) is 12.5 Å². The van der Waals surface area contributed by atoms with Crippen molar-refractivity contribution in [3.05, 3.63) is 70.2 Å². The number of halogens is 3. The highest BCUT2D eigenvalue weighted by molar-refractivity contribution is 6.30. The summed E-state index contributed by atoms with van der Waals surface area (Å²) in [5.74, 6) is -3.69. The number of carbonyl (C=O) groups excluding carboxylic acids is 2. The van der Waals surface area contributed by atoms with Crippen LogP contribution in [0.3, 0.4) is 0 Å². The summed E-state index contributed by atoms with van der Waals surface area (Å²) in [4.78, 5) is 23.6. The first-order valence-electron chi connectivity index (χ1n) is 6.66. The molecule has 0 heterocycles. The van der Waals surface area contributed by atoms with Crippen molar-refractivity contribution >= 4 is 23.4 Å². The van der Waals surface area contributed by atoms with E-state index in [2.05, 4.69) is 5.32 Å². The highest BCUT2D eigenvalue weighted by Gasteiger charge is 2.20. The number of nitrogens with one attached hydrogen (secondary N) is 1. The molecule has 3 N–H and O–H groups in total. The van der Waals surface area contributed by atoms with Crippen molar-refractivity contribution in [2.24, 2.45) is 5.73 Å². The van der Waals surface area contributed by atoms with Gasteiger partial charge >= 0.3 is 0 Å². The van der Waals surface area contributed by atoms with Crippen LogP contribution in [0.4, 0.5) is 8.78 Å². The summed E-state index contributed by atoms with van der Waals surface area (Å²) in [6.45, 7) is 0. The van der Waals surface area contributed by atoms with E-state index in [0.717, 1.165) is 18.2 Å². The third kappa shape index (κ3) is 4.50. The summed E-state index contributed by atoms with van der Waals surface area (Å²) in [5.41, 5.74) is 5.87. The maximum Gasteiger partial charge on any atom is 0.252 e. The quantitative estimate of drug-likeness (QED) is 0.879. The molecule has 0 bridgehead atoms. The average molecular weight is 339 g/mol. The first-order valence-corrected chi connectivity index (χ1v) is 7.04. The number of rotatable bonds is 5. The van der Waals surface area contributed by atoms with Gasteiger partial charge in [0.2, 0.25) is 5.91 Å². The highest BCUT2D eigenvalue weighted by Crippen LogP contribution is 2.13. The summed E-state index contributed by atoms with van der Waals surface area (Å²) in [6.07, 6.45) is 0.130. The number of carbonyl (C=O) groups is 2. The zero-order valence-corrected chi connectivity index (χ0v) is 12.6. The van der Waals surface area contributed by atoms with Crippen LogP contribution >= 0.6 is 11.6 Å². The lowest BCUT2D eigenvalue weighted by Gasteiger charge is -2.16. The Morgan fingerprint density at radius 3 is 2.48 bits per heavy atom.